The lowest BCUT2D eigenvalue weighted by molar-refractivity contribution is -0.116. The number of nitrogens with one attached hydrogen (secondary N) is 1. The van der Waals surface area contributed by atoms with Gasteiger partial charge in [0, 0.05) is 11.3 Å². The fourth-order valence-electron chi connectivity index (χ4n) is 3.33. The van der Waals surface area contributed by atoms with Gasteiger partial charge < -0.3 is 10.1 Å². The van der Waals surface area contributed by atoms with Crippen LogP contribution in [-0.4, -0.2) is 18.5 Å². The molecule has 1 aliphatic rings. The lowest BCUT2D eigenvalue weighted by Gasteiger charge is -2.08. The van der Waals surface area contributed by atoms with Crippen LogP contribution < -0.4 is 5.32 Å². The van der Waals surface area contributed by atoms with Gasteiger partial charge in [0.15, 0.2) is 0 Å². The molecule has 1 N–H and O–H groups in total. The van der Waals surface area contributed by atoms with E-state index in [1.54, 1.807) is 11.3 Å². The molecule has 0 unspecified atom stereocenters. The first kappa shape index (κ1) is 20.0. The predicted octanol–water partition coefficient (Wildman–Crippen LogP) is 5.49. The first-order valence-corrected chi connectivity index (χ1v) is 10.6. The van der Waals surface area contributed by atoms with E-state index in [1.807, 2.05) is 6.92 Å². The average Bonchev–Trinajstić information content (AvgIpc) is 2.75. The molecule has 0 spiro atoms. The Kier molecular flexibility index (Phi) is 8.45. The Morgan fingerprint density at radius 2 is 1.80 bits per heavy atom. The van der Waals surface area contributed by atoms with E-state index in [1.165, 1.54) is 30.6 Å². The molecule has 2 rings (SSSR count). The first-order chi connectivity index (χ1) is 12.2. The Hall–Kier alpha value is -1.36. The molecule has 5 heteroatoms. The Morgan fingerprint density at radius 1 is 1.04 bits per heavy atom. The van der Waals surface area contributed by atoms with Gasteiger partial charge in [-0.3, -0.25) is 4.79 Å². The third kappa shape index (κ3) is 5.84. The van der Waals surface area contributed by atoms with Crippen molar-refractivity contribution >= 4 is 28.2 Å². The van der Waals surface area contributed by atoms with Crippen molar-refractivity contribution in [3.05, 3.63) is 16.0 Å². The summed E-state index contributed by atoms with van der Waals surface area (Å²) in [5, 5.41) is 3.70. The van der Waals surface area contributed by atoms with Gasteiger partial charge in [0.2, 0.25) is 5.91 Å². The Balaban J connectivity index is 2.05. The van der Waals surface area contributed by atoms with Gasteiger partial charge in [-0.05, 0) is 44.6 Å². The van der Waals surface area contributed by atoms with Gasteiger partial charge in [0.05, 0.1) is 12.2 Å². The number of aryl methyl sites for hydroxylation is 1. The van der Waals surface area contributed by atoms with E-state index in [0.29, 0.717) is 23.6 Å². The van der Waals surface area contributed by atoms with E-state index in [9.17, 15) is 9.59 Å². The second kappa shape index (κ2) is 10.6. The molecule has 1 aliphatic carbocycles. The second-order valence-electron chi connectivity index (χ2n) is 6.70. The van der Waals surface area contributed by atoms with Crippen molar-refractivity contribution in [3.63, 3.8) is 0 Å². The van der Waals surface area contributed by atoms with Crippen molar-refractivity contribution in [1.29, 1.82) is 0 Å². The highest BCUT2D eigenvalue weighted by Gasteiger charge is 2.26. The maximum Gasteiger partial charge on any atom is 0.341 e. The fourth-order valence-corrected chi connectivity index (χ4v) is 4.62. The largest absolute Gasteiger partial charge is 0.462 e. The molecule has 1 aromatic heterocycles. The van der Waals surface area contributed by atoms with Gasteiger partial charge >= 0.3 is 5.97 Å². The highest BCUT2D eigenvalue weighted by molar-refractivity contribution is 7.17. The highest BCUT2D eigenvalue weighted by Crippen LogP contribution is 2.38. The summed E-state index contributed by atoms with van der Waals surface area (Å²) >= 11 is 1.57. The third-order valence-corrected chi connectivity index (χ3v) is 5.87. The van der Waals surface area contributed by atoms with Crippen molar-refractivity contribution < 1.29 is 14.3 Å². The summed E-state index contributed by atoms with van der Waals surface area (Å²) in [5.74, 6) is -0.279. The minimum atomic E-state index is -0.292. The van der Waals surface area contributed by atoms with Crippen molar-refractivity contribution in [2.45, 2.75) is 84.5 Å². The molecule has 140 valence electrons. The van der Waals surface area contributed by atoms with Crippen LogP contribution in [0.25, 0.3) is 0 Å². The Labute approximate surface area is 155 Å². The van der Waals surface area contributed by atoms with Gasteiger partial charge in [-0.2, -0.15) is 0 Å². The molecular weight excluding hydrogens is 334 g/mol. The summed E-state index contributed by atoms with van der Waals surface area (Å²) in [5.41, 5.74) is 1.72. The predicted molar refractivity (Wildman–Crippen MR) is 104 cm³/mol. The number of fused-ring (bicyclic) bond motifs is 1. The minimum Gasteiger partial charge on any atom is -0.462 e. The van der Waals surface area contributed by atoms with Gasteiger partial charge in [0.1, 0.15) is 5.00 Å². The summed E-state index contributed by atoms with van der Waals surface area (Å²) < 4.78 is 5.26. The number of hydrogen-bond acceptors (Lipinski definition) is 4. The number of thiophene rings is 1. The SMILES string of the molecule is CCCCCCCC(=O)Nc1sc2c(c1C(=O)OCC)CCCCC2. The van der Waals surface area contributed by atoms with Crippen LogP contribution in [0.4, 0.5) is 5.00 Å². The van der Waals surface area contributed by atoms with Crippen LogP contribution in [0.15, 0.2) is 0 Å². The minimum absolute atomic E-state index is 0.0125. The van der Waals surface area contributed by atoms with Crippen LogP contribution >= 0.6 is 11.3 Å². The zero-order valence-corrected chi connectivity index (χ0v) is 16.4. The van der Waals surface area contributed by atoms with Crippen LogP contribution in [0.2, 0.25) is 0 Å². The molecule has 0 saturated heterocycles. The normalized spacial score (nSPS) is 13.8. The van der Waals surface area contributed by atoms with E-state index in [0.717, 1.165) is 44.1 Å². The smallest absolute Gasteiger partial charge is 0.341 e. The number of anilines is 1. The molecule has 4 nitrogen and oxygen atoms in total. The number of carbonyl (C=O) groups is 2. The fraction of sp³-hybridized carbons (Fsp3) is 0.700. The summed E-state index contributed by atoms with van der Waals surface area (Å²) in [7, 11) is 0. The zero-order chi connectivity index (χ0) is 18.1. The van der Waals surface area contributed by atoms with E-state index in [-0.39, 0.29) is 11.9 Å². The molecule has 0 atom stereocenters. The molecule has 25 heavy (non-hydrogen) atoms. The third-order valence-electron chi connectivity index (χ3n) is 4.66. The van der Waals surface area contributed by atoms with Crippen LogP contribution in [0, 0.1) is 0 Å². The molecule has 1 amide bonds. The maximum absolute atomic E-state index is 12.5. The highest BCUT2D eigenvalue weighted by atomic mass is 32.1. The summed E-state index contributed by atoms with van der Waals surface area (Å²) in [6.07, 6.45) is 11.5. The van der Waals surface area contributed by atoms with Crippen LogP contribution in [-0.2, 0) is 22.4 Å². The summed E-state index contributed by atoms with van der Waals surface area (Å²) in [4.78, 5) is 26.0. The Bertz CT molecular complexity index is 580. The summed E-state index contributed by atoms with van der Waals surface area (Å²) in [6.45, 7) is 4.36. The lowest BCUT2D eigenvalue weighted by atomic mass is 10.1. The molecule has 0 bridgehead atoms. The molecule has 1 aromatic rings. The van der Waals surface area contributed by atoms with Gasteiger partial charge in [0.25, 0.3) is 0 Å². The average molecular weight is 366 g/mol. The first-order valence-electron chi connectivity index (χ1n) is 9.78. The van der Waals surface area contributed by atoms with Crippen LogP contribution in [0.5, 0.6) is 0 Å². The van der Waals surface area contributed by atoms with E-state index < -0.39 is 0 Å². The monoisotopic (exact) mass is 365 g/mol. The number of unbranched alkanes of at least 4 members (excludes halogenated alkanes) is 4. The number of esters is 1. The summed E-state index contributed by atoms with van der Waals surface area (Å²) in [6, 6.07) is 0. The Morgan fingerprint density at radius 3 is 2.56 bits per heavy atom. The molecule has 0 aliphatic heterocycles. The van der Waals surface area contributed by atoms with Crippen LogP contribution in [0.1, 0.15) is 92.4 Å². The molecule has 0 aromatic carbocycles. The molecule has 0 radical (unpaired) electrons. The van der Waals surface area contributed by atoms with E-state index in [4.69, 9.17) is 4.74 Å². The van der Waals surface area contributed by atoms with Crippen molar-refractivity contribution in [2.24, 2.45) is 0 Å². The topological polar surface area (TPSA) is 55.4 Å². The van der Waals surface area contributed by atoms with Gasteiger partial charge in [-0.15, -0.1) is 11.3 Å². The van der Waals surface area contributed by atoms with E-state index in [2.05, 4.69) is 12.2 Å². The van der Waals surface area contributed by atoms with Gasteiger partial charge in [-0.25, -0.2) is 4.79 Å². The van der Waals surface area contributed by atoms with Crippen molar-refractivity contribution in [1.82, 2.24) is 0 Å². The van der Waals surface area contributed by atoms with Crippen molar-refractivity contribution in [3.8, 4) is 0 Å². The lowest BCUT2D eigenvalue weighted by Crippen LogP contribution is -2.15. The van der Waals surface area contributed by atoms with Gasteiger partial charge in [-0.1, -0.05) is 39.0 Å². The number of ether oxygens (including phenoxy) is 1. The molecular formula is C20H31NO3S. The number of rotatable bonds is 9. The maximum atomic E-state index is 12.5. The molecule has 0 fully saturated rings. The zero-order valence-electron chi connectivity index (χ0n) is 15.6. The molecule has 0 saturated carbocycles. The van der Waals surface area contributed by atoms with Crippen LogP contribution in [0.3, 0.4) is 0 Å². The number of hydrogen-bond donors (Lipinski definition) is 1. The number of amides is 1. The molecule has 1 heterocycles. The standard InChI is InChI=1S/C20H31NO3S/c1-3-5-6-7-11-14-17(22)21-19-18(20(23)24-4-2)15-12-9-8-10-13-16(15)25-19/h3-14H2,1-2H3,(H,21,22). The quantitative estimate of drug-likeness (QED) is 0.357. The number of carbonyl (C=O) groups excluding carboxylic acids is 2. The van der Waals surface area contributed by atoms with E-state index >= 15 is 0 Å². The second-order valence-corrected chi connectivity index (χ2v) is 7.81. The van der Waals surface area contributed by atoms with Crippen molar-refractivity contribution in [2.75, 3.05) is 11.9 Å².